The maximum Gasteiger partial charge on any atom is 0.167 e. The second-order valence-corrected chi connectivity index (χ2v) is 9.26. The van der Waals surface area contributed by atoms with Gasteiger partial charge in [0.2, 0.25) is 0 Å². The van der Waals surface area contributed by atoms with Crippen LogP contribution in [0.5, 0.6) is 23.0 Å². The molecular formula is C31H43N3O4. The number of ether oxygens (including phenoxy) is 4. The quantitative estimate of drug-likeness (QED) is 0.157. The fourth-order valence-corrected chi connectivity index (χ4v) is 3.67. The maximum atomic E-state index is 6.15. The van der Waals surface area contributed by atoms with Gasteiger partial charge in [0.05, 0.1) is 37.6 Å². The molecule has 0 atom stereocenters. The number of nitrogens with zero attached hydrogens (tertiary/aromatic N) is 3. The molecule has 0 aliphatic carbocycles. The van der Waals surface area contributed by atoms with E-state index in [1.54, 1.807) is 6.33 Å². The summed E-state index contributed by atoms with van der Waals surface area (Å²) in [5.74, 6) is 4.09. The molecule has 0 radical (unpaired) electrons. The van der Waals surface area contributed by atoms with Crippen molar-refractivity contribution in [2.24, 2.45) is 0 Å². The van der Waals surface area contributed by atoms with Gasteiger partial charge in [0.25, 0.3) is 0 Å². The van der Waals surface area contributed by atoms with Crippen LogP contribution >= 0.6 is 0 Å². The Morgan fingerprint density at radius 3 is 1.32 bits per heavy atom. The minimum Gasteiger partial charge on any atom is -0.493 e. The molecule has 1 aromatic heterocycles. The van der Waals surface area contributed by atoms with E-state index in [1.807, 2.05) is 36.4 Å². The minimum absolute atomic E-state index is 0.546. The Bertz CT molecular complexity index is 1020. The molecule has 0 aliphatic rings. The molecule has 38 heavy (non-hydrogen) atoms. The predicted molar refractivity (Wildman–Crippen MR) is 152 cm³/mol. The summed E-state index contributed by atoms with van der Waals surface area (Å²) >= 11 is 0. The second kappa shape index (κ2) is 16.5. The average Bonchev–Trinajstić information content (AvgIpc) is 2.94. The average molecular weight is 522 g/mol. The maximum absolute atomic E-state index is 6.15. The van der Waals surface area contributed by atoms with Gasteiger partial charge in [-0.05, 0) is 49.9 Å². The molecule has 0 N–H and O–H groups in total. The molecule has 3 rings (SSSR count). The highest BCUT2D eigenvalue weighted by Gasteiger charge is 2.16. The lowest BCUT2D eigenvalue weighted by atomic mass is 10.1. The van der Waals surface area contributed by atoms with E-state index in [9.17, 15) is 0 Å². The molecule has 3 aromatic rings. The molecule has 2 aromatic carbocycles. The normalized spacial score (nSPS) is 10.8. The summed E-state index contributed by atoms with van der Waals surface area (Å²) in [6.07, 6.45) is 9.77. The van der Waals surface area contributed by atoms with Crippen molar-refractivity contribution in [3.63, 3.8) is 0 Å². The molecule has 0 unspecified atom stereocenters. The van der Waals surface area contributed by atoms with Crippen LogP contribution < -0.4 is 18.9 Å². The van der Waals surface area contributed by atoms with Crippen molar-refractivity contribution in [1.82, 2.24) is 15.0 Å². The number of unbranched alkanes of at least 4 members (excludes halogenated alkanes) is 4. The van der Waals surface area contributed by atoms with E-state index in [0.717, 1.165) is 74.0 Å². The van der Waals surface area contributed by atoms with E-state index in [4.69, 9.17) is 23.9 Å². The molecule has 0 saturated heterocycles. The van der Waals surface area contributed by atoms with Gasteiger partial charge in [-0.3, -0.25) is 0 Å². The van der Waals surface area contributed by atoms with Crippen molar-refractivity contribution >= 4 is 0 Å². The first-order valence-electron chi connectivity index (χ1n) is 14.2. The molecule has 1 heterocycles. The summed E-state index contributed by atoms with van der Waals surface area (Å²) in [6.45, 7) is 11.2. The highest BCUT2D eigenvalue weighted by Crippen LogP contribution is 2.35. The van der Waals surface area contributed by atoms with Crippen molar-refractivity contribution in [3.05, 3.63) is 42.7 Å². The van der Waals surface area contributed by atoms with Gasteiger partial charge >= 0.3 is 0 Å². The van der Waals surface area contributed by atoms with Gasteiger partial charge in [-0.2, -0.15) is 0 Å². The summed E-state index contributed by atoms with van der Waals surface area (Å²) in [5.41, 5.74) is 1.61. The van der Waals surface area contributed by atoms with Crippen LogP contribution in [-0.4, -0.2) is 41.4 Å². The molecule has 206 valence electrons. The minimum atomic E-state index is 0.546. The lowest BCUT2D eigenvalue weighted by molar-refractivity contribution is 0.294. The van der Waals surface area contributed by atoms with Crippen molar-refractivity contribution in [2.45, 2.75) is 79.1 Å². The molecule has 0 spiro atoms. The van der Waals surface area contributed by atoms with Gasteiger partial charge in [0.1, 0.15) is 29.3 Å². The summed E-state index contributed by atoms with van der Waals surface area (Å²) in [6, 6.07) is 11.7. The third-order valence-electron chi connectivity index (χ3n) is 6.00. The lowest BCUT2D eigenvalue weighted by Gasteiger charge is -2.15. The summed E-state index contributed by atoms with van der Waals surface area (Å²) < 4.78 is 24.2. The monoisotopic (exact) mass is 521 g/mol. The Hall–Kier alpha value is -3.35. The van der Waals surface area contributed by atoms with Crippen LogP contribution in [0.15, 0.2) is 42.7 Å². The summed E-state index contributed by atoms with van der Waals surface area (Å²) in [5, 5.41) is 0. The van der Waals surface area contributed by atoms with E-state index in [1.165, 1.54) is 0 Å². The lowest BCUT2D eigenvalue weighted by Crippen LogP contribution is -2.04. The van der Waals surface area contributed by atoms with Crippen LogP contribution in [0.1, 0.15) is 79.1 Å². The first-order chi connectivity index (χ1) is 18.7. The van der Waals surface area contributed by atoms with Crippen LogP contribution in [0, 0.1) is 0 Å². The van der Waals surface area contributed by atoms with Crippen LogP contribution in [0.4, 0.5) is 0 Å². The van der Waals surface area contributed by atoms with Gasteiger partial charge < -0.3 is 18.9 Å². The van der Waals surface area contributed by atoms with Crippen LogP contribution in [0.25, 0.3) is 22.8 Å². The largest absolute Gasteiger partial charge is 0.493 e. The van der Waals surface area contributed by atoms with Crippen molar-refractivity contribution in [2.75, 3.05) is 26.4 Å². The van der Waals surface area contributed by atoms with Gasteiger partial charge in [0.15, 0.2) is 11.6 Å². The Labute approximate surface area is 227 Å². The number of aromatic nitrogens is 3. The van der Waals surface area contributed by atoms with Gasteiger partial charge in [-0.1, -0.05) is 53.4 Å². The molecule has 7 heteroatoms. The smallest absolute Gasteiger partial charge is 0.167 e. The number of hydrogen-bond donors (Lipinski definition) is 0. The first-order valence-corrected chi connectivity index (χ1v) is 14.2. The molecule has 0 fully saturated rings. The van der Waals surface area contributed by atoms with Gasteiger partial charge in [-0.15, -0.1) is 0 Å². The third-order valence-corrected chi connectivity index (χ3v) is 6.00. The van der Waals surface area contributed by atoms with E-state index in [-0.39, 0.29) is 0 Å². The number of rotatable bonds is 18. The Balaban J connectivity index is 1.93. The van der Waals surface area contributed by atoms with E-state index >= 15 is 0 Å². The highest BCUT2D eigenvalue weighted by atomic mass is 16.5. The first kappa shape index (κ1) is 29.2. The molecule has 0 saturated carbocycles. The fourth-order valence-electron chi connectivity index (χ4n) is 3.67. The van der Waals surface area contributed by atoms with Crippen molar-refractivity contribution < 1.29 is 18.9 Å². The fraction of sp³-hybridized carbons (Fsp3) is 0.516. The predicted octanol–water partition coefficient (Wildman–Crippen LogP) is 7.92. The zero-order valence-corrected chi connectivity index (χ0v) is 23.5. The molecule has 7 nitrogen and oxygen atoms in total. The van der Waals surface area contributed by atoms with Gasteiger partial charge in [-0.25, -0.2) is 15.0 Å². The second-order valence-electron chi connectivity index (χ2n) is 9.26. The van der Waals surface area contributed by atoms with Gasteiger partial charge in [0, 0.05) is 12.1 Å². The Morgan fingerprint density at radius 1 is 0.526 bits per heavy atom. The Kier molecular flexibility index (Phi) is 12.7. The van der Waals surface area contributed by atoms with Crippen LogP contribution in [0.2, 0.25) is 0 Å². The van der Waals surface area contributed by atoms with Crippen molar-refractivity contribution in [3.8, 4) is 45.8 Å². The molecular weight excluding hydrogens is 478 g/mol. The highest BCUT2D eigenvalue weighted by molar-refractivity contribution is 5.70. The van der Waals surface area contributed by atoms with E-state index in [0.29, 0.717) is 49.6 Å². The number of benzene rings is 2. The molecule has 0 amide bonds. The Morgan fingerprint density at radius 2 is 0.921 bits per heavy atom. The molecule has 0 aliphatic heterocycles. The summed E-state index contributed by atoms with van der Waals surface area (Å²) in [4.78, 5) is 13.8. The molecule has 0 bridgehead atoms. The third kappa shape index (κ3) is 8.89. The summed E-state index contributed by atoms with van der Waals surface area (Å²) in [7, 11) is 0. The van der Waals surface area contributed by atoms with Crippen LogP contribution in [-0.2, 0) is 0 Å². The number of hydrogen-bond acceptors (Lipinski definition) is 7. The topological polar surface area (TPSA) is 75.6 Å². The zero-order chi connectivity index (χ0) is 27.0. The van der Waals surface area contributed by atoms with Crippen LogP contribution in [0.3, 0.4) is 0 Å². The van der Waals surface area contributed by atoms with E-state index in [2.05, 4.69) is 37.7 Å². The standard InChI is InChI=1S/C31H43N3O4/c1-5-9-17-35-24-13-15-26(28(21-24)37-19-11-7-3)30-32-23-33-31(34-30)27-16-14-25(36-18-10-6-2)22-29(27)38-20-12-8-4/h13-16,21-23H,5-12,17-20H2,1-4H3. The zero-order valence-electron chi connectivity index (χ0n) is 23.5. The SMILES string of the molecule is CCCCOc1ccc(-c2ncnc(-c3ccc(OCCCC)cc3OCCCC)n2)c(OCCCC)c1. The van der Waals surface area contributed by atoms with E-state index < -0.39 is 0 Å². The van der Waals surface area contributed by atoms with Crippen molar-refractivity contribution in [1.29, 1.82) is 0 Å².